The topological polar surface area (TPSA) is 127 Å². The van der Waals surface area contributed by atoms with E-state index in [1.807, 2.05) is 25.3 Å². The van der Waals surface area contributed by atoms with E-state index >= 15 is 0 Å². The third-order valence-corrected chi connectivity index (χ3v) is 9.96. The van der Waals surface area contributed by atoms with Gasteiger partial charge >= 0.3 is 5.97 Å². The Labute approximate surface area is 261 Å². The normalized spacial score (nSPS) is 23.5. The number of nitrogens with one attached hydrogen (secondary N) is 2. The van der Waals surface area contributed by atoms with Crippen molar-refractivity contribution >= 4 is 62.8 Å². The van der Waals surface area contributed by atoms with E-state index in [1.165, 1.54) is 54.1 Å². The third-order valence-electron chi connectivity index (χ3n) is 6.87. The van der Waals surface area contributed by atoms with E-state index in [0.717, 1.165) is 17.8 Å². The van der Waals surface area contributed by atoms with Gasteiger partial charge in [0.15, 0.2) is 5.12 Å². The number of fused-ring (bicyclic) bond motifs is 4. The number of amides is 2. The second-order valence-corrected chi connectivity index (χ2v) is 14.4. The minimum absolute atomic E-state index is 0.0626. The number of cyclic esters (lactones) is 1. The molecule has 2 aliphatic rings. The summed E-state index contributed by atoms with van der Waals surface area (Å²) in [4.78, 5) is 61.0. The lowest BCUT2D eigenvalue weighted by atomic mass is 10.0. The summed E-state index contributed by atoms with van der Waals surface area (Å²) in [5.74, 6) is -0.0308. The minimum atomic E-state index is -1.03. The van der Waals surface area contributed by atoms with Gasteiger partial charge in [0.25, 0.3) is 0 Å². The van der Waals surface area contributed by atoms with Crippen LogP contribution in [0.25, 0.3) is 0 Å². The van der Waals surface area contributed by atoms with Crippen LogP contribution in [0.15, 0.2) is 22.5 Å². The quantitative estimate of drug-likeness (QED) is 0.177. The van der Waals surface area contributed by atoms with E-state index in [4.69, 9.17) is 4.74 Å². The highest BCUT2D eigenvalue weighted by molar-refractivity contribution is 8.14. The number of nitrogens with zero attached hydrogens (tertiary/aromatic N) is 2. The Bertz CT molecular complexity index is 1150. The van der Waals surface area contributed by atoms with Crippen LogP contribution < -0.4 is 10.6 Å². The Morgan fingerprint density at radius 2 is 2.02 bits per heavy atom. The summed E-state index contributed by atoms with van der Waals surface area (Å²) < 4.78 is 5.81. The Morgan fingerprint density at radius 3 is 2.79 bits per heavy atom. The fraction of sp³-hybridized carbons (Fsp3) is 0.667. The molecule has 0 aliphatic carbocycles. The number of allylic oxidation sites excluding steroid dienone is 1. The van der Waals surface area contributed by atoms with Crippen LogP contribution in [0.4, 0.5) is 0 Å². The van der Waals surface area contributed by atoms with E-state index in [2.05, 4.69) is 27.5 Å². The van der Waals surface area contributed by atoms with Gasteiger partial charge in [0.1, 0.15) is 33.4 Å². The van der Waals surface area contributed by atoms with E-state index in [9.17, 15) is 19.2 Å². The van der Waals surface area contributed by atoms with E-state index in [-0.39, 0.29) is 35.8 Å². The maximum atomic E-state index is 13.4. The molecule has 2 aliphatic heterocycles. The standard InChI is InChI=1S/C30H44N4O5S3/c1-5-6-7-8-9-13-26(36)40-14-11-10-12-21-16-24(35)31-17-25-32-23(18-41-25)27-34-30(4,19-42-27)29(38)33-22(15-20(2)3)28(37)39-21/h10,12,18,20-22H,5-9,11,13-17,19H2,1-4H3,(H,31,35)(H,33,38)/b12-10+/t21-,22?,30+/m1/s1. The SMILES string of the molecule is CCCCCCCC(=O)SCC/C=C/[C@@H]1CC(=O)NCc2nc(cs2)C2=N[C@@](C)(CS2)C(=O)NC(CC(C)C)C(=O)O1. The van der Waals surface area contributed by atoms with Gasteiger partial charge in [0, 0.05) is 23.3 Å². The highest BCUT2D eigenvalue weighted by Crippen LogP contribution is 2.32. The molecule has 12 heteroatoms. The summed E-state index contributed by atoms with van der Waals surface area (Å²) in [5.41, 5.74) is -0.348. The first-order chi connectivity index (χ1) is 20.1. The van der Waals surface area contributed by atoms with Gasteiger partial charge in [0.05, 0.1) is 13.0 Å². The fourth-order valence-electron chi connectivity index (χ4n) is 4.48. The first kappa shape index (κ1) is 34.3. The van der Waals surface area contributed by atoms with Crippen LogP contribution in [0.3, 0.4) is 0 Å². The molecule has 0 saturated carbocycles. The Morgan fingerprint density at radius 1 is 1.24 bits per heavy atom. The molecule has 1 unspecified atom stereocenters. The van der Waals surface area contributed by atoms with Crippen LogP contribution in [-0.2, 0) is 30.5 Å². The predicted molar refractivity (Wildman–Crippen MR) is 172 cm³/mol. The average molecular weight is 637 g/mol. The second-order valence-electron chi connectivity index (χ2n) is 11.3. The largest absolute Gasteiger partial charge is 0.456 e. The maximum absolute atomic E-state index is 13.4. The number of rotatable bonds is 12. The Hall–Kier alpha value is -2.18. The number of carbonyl (C=O) groups is 4. The van der Waals surface area contributed by atoms with Crippen LogP contribution in [0.2, 0.25) is 0 Å². The van der Waals surface area contributed by atoms with Crippen molar-refractivity contribution in [2.75, 3.05) is 11.5 Å². The zero-order chi connectivity index (χ0) is 30.5. The summed E-state index contributed by atoms with van der Waals surface area (Å²) >= 11 is 4.19. The van der Waals surface area contributed by atoms with Crippen molar-refractivity contribution in [2.24, 2.45) is 10.9 Å². The monoisotopic (exact) mass is 636 g/mol. The fourth-order valence-corrected chi connectivity index (χ4v) is 7.17. The van der Waals surface area contributed by atoms with Crippen molar-refractivity contribution in [3.05, 3.63) is 28.2 Å². The van der Waals surface area contributed by atoms with Gasteiger partial charge in [-0.3, -0.25) is 19.4 Å². The van der Waals surface area contributed by atoms with E-state index in [0.29, 0.717) is 41.5 Å². The number of hydrogen-bond donors (Lipinski definition) is 2. The molecule has 2 N–H and O–H groups in total. The number of ether oxygens (including phenoxy) is 1. The van der Waals surface area contributed by atoms with Crippen molar-refractivity contribution in [3.8, 4) is 0 Å². The van der Waals surface area contributed by atoms with Gasteiger partial charge in [-0.25, -0.2) is 9.78 Å². The minimum Gasteiger partial charge on any atom is -0.456 e. The first-order valence-electron chi connectivity index (χ1n) is 14.9. The molecule has 1 aromatic heterocycles. The lowest BCUT2D eigenvalue weighted by molar-refractivity contribution is -0.152. The molecule has 9 nitrogen and oxygen atoms in total. The molecule has 3 rings (SSSR count). The lowest BCUT2D eigenvalue weighted by Crippen LogP contribution is -2.51. The van der Waals surface area contributed by atoms with Crippen molar-refractivity contribution < 1.29 is 23.9 Å². The third kappa shape index (κ3) is 11.1. The number of esters is 1. The zero-order valence-corrected chi connectivity index (χ0v) is 27.6. The smallest absolute Gasteiger partial charge is 0.329 e. The van der Waals surface area contributed by atoms with Crippen molar-refractivity contribution in [1.82, 2.24) is 15.6 Å². The number of carbonyl (C=O) groups excluding carboxylic acids is 4. The summed E-state index contributed by atoms with van der Waals surface area (Å²) in [6.07, 6.45) is 9.83. The van der Waals surface area contributed by atoms with Crippen LogP contribution in [0.5, 0.6) is 0 Å². The molecule has 0 spiro atoms. The molecule has 3 heterocycles. The van der Waals surface area contributed by atoms with Gasteiger partial charge in [0.2, 0.25) is 11.8 Å². The summed E-state index contributed by atoms with van der Waals surface area (Å²) in [7, 11) is 0. The zero-order valence-electron chi connectivity index (χ0n) is 25.1. The molecule has 1 aromatic rings. The van der Waals surface area contributed by atoms with Crippen LogP contribution >= 0.6 is 34.9 Å². The molecule has 232 valence electrons. The van der Waals surface area contributed by atoms with Gasteiger partial charge in [-0.2, -0.15) is 0 Å². The average Bonchev–Trinajstić information content (AvgIpc) is 3.58. The molecule has 0 saturated heterocycles. The van der Waals surface area contributed by atoms with Crippen molar-refractivity contribution in [3.63, 3.8) is 0 Å². The summed E-state index contributed by atoms with van der Waals surface area (Å²) in [6, 6.07) is -0.873. The van der Waals surface area contributed by atoms with Crippen LogP contribution in [0, 0.1) is 5.92 Å². The van der Waals surface area contributed by atoms with E-state index in [1.54, 1.807) is 13.0 Å². The first-order valence-corrected chi connectivity index (χ1v) is 17.7. The Balaban J connectivity index is 1.68. The molecule has 3 atom stereocenters. The molecular weight excluding hydrogens is 593 g/mol. The molecule has 0 radical (unpaired) electrons. The molecular formula is C30H44N4O5S3. The van der Waals surface area contributed by atoms with Crippen molar-refractivity contribution in [1.29, 1.82) is 0 Å². The number of hydrogen-bond acceptors (Lipinski definition) is 10. The number of aliphatic imine (C=N–C) groups is 1. The molecule has 0 aromatic carbocycles. The van der Waals surface area contributed by atoms with Gasteiger partial charge in [-0.15, -0.1) is 23.1 Å². The molecule has 42 heavy (non-hydrogen) atoms. The van der Waals surface area contributed by atoms with Crippen LogP contribution in [-0.4, -0.2) is 62.1 Å². The highest BCUT2D eigenvalue weighted by Gasteiger charge is 2.41. The Kier molecular flexibility index (Phi) is 14.1. The number of thioether (sulfide) groups is 2. The number of unbranched alkanes of at least 4 members (excludes halogenated alkanes) is 4. The second kappa shape index (κ2) is 17.2. The number of aromatic nitrogens is 1. The molecule has 2 amide bonds. The van der Waals surface area contributed by atoms with E-state index < -0.39 is 23.7 Å². The summed E-state index contributed by atoms with van der Waals surface area (Å²) in [6.45, 7) is 8.12. The predicted octanol–water partition coefficient (Wildman–Crippen LogP) is 5.42. The van der Waals surface area contributed by atoms with Crippen molar-refractivity contribution in [2.45, 2.75) is 110 Å². The maximum Gasteiger partial charge on any atom is 0.329 e. The molecule has 0 fully saturated rings. The highest BCUT2D eigenvalue weighted by atomic mass is 32.2. The number of thiazole rings is 1. The van der Waals surface area contributed by atoms with Crippen LogP contribution in [0.1, 0.15) is 96.2 Å². The van der Waals surface area contributed by atoms with Gasteiger partial charge in [-0.05, 0) is 38.2 Å². The molecule has 4 bridgehead atoms. The van der Waals surface area contributed by atoms with Gasteiger partial charge < -0.3 is 15.4 Å². The van der Waals surface area contributed by atoms with Gasteiger partial charge in [-0.1, -0.05) is 64.3 Å². The summed E-state index contributed by atoms with van der Waals surface area (Å²) in [5, 5.41) is 9.22. The lowest BCUT2D eigenvalue weighted by Gasteiger charge is -2.26.